The van der Waals surface area contributed by atoms with E-state index in [-0.39, 0.29) is 0 Å². The fourth-order valence-electron chi connectivity index (χ4n) is 3.76. The fraction of sp³-hybridized carbons (Fsp3) is 0.240. The molecule has 9 heteroatoms. The zero-order valence-corrected chi connectivity index (χ0v) is 19.3. The summed E-state index contributed by atoms with van der Waals surface area (Å²) >= 11 is 0. The van der Waals surface area contributed by atoms with E-state index in [0.29, 0.717) is 40.7 Å². The summed E-state index contributed by atoms with van der Waals surface area (Å²) in [4.78, 5) is 29.1. The maximum atomic E-state index is 12.7. The number of anilines is 1. The zero-order valence-electron chi connectivity index (χ0n) is 19.3. The monoisotopic (exact) mass is 463 g/mol. The summed E-state index contributed by atoms with van der Waals surface area (Å²) in [6.07, 6.45) is 4.88. The molecule has 2 heterocycles. The van der Waals surface area contributed by atoms with Gasteiger partial charge in [-0.25, -0.2) is 4.98 Å². The Kier molecular flexibility index (Phi) is 6.27. The van der Waals surface area contributed by atoms with E-state index in [0.717, 1.165) is 10.8 Å². The van der Waals surface area contributed by atoms with Crippen LogP contribution in [0.1, 0.15) is 19.6 Å². The third-order valence-electron chi connectivity index (χ3n) is 5.30. The minimum absolute atomic E-state index is 0.357. The van der Waals surface area contributed by atoms with Crippen LogP contribution in [-0.2, 0) is 16.0 Å². The highest BCUT2D eigenvalue weighted by molar-refractivity contribution is 6.39. The quantitative estimate of drug-likeness (QED) is 0.395. The summed E-state index contributed by atoms with van der Waals surface area (Å²) in [7, 11) is 3.10. The first kappa shape index (κ1) is 22.9. The molecule has 0 radical (unpaired) electrons. The lowest BCUT2D eigenvalue weighted by atomic mass is 9.96. The predicted octanol–water partition coefficient (Wildman–Crippen LogP) is 4.18. The molecule has 2 aromatic heterocycles. The summed E-state index contributed by atoms with van der Waals surface area (Å²) in [6, 6.07) is 10.6. The highest BCUT2D eigenvalue weighted by Crippen LogP contribution is 2.33. The zero-order chi connectivity index (χ0) is 24.3. The Morgan fingerprint density at radius 2 is 1.82 bits per heavy atom. The lowest BCUT2D eigenvalue weighted by Crippen LogP contribution is -2.49. The number of ether oxygens (including phenoxy) is 2. The number of carbonyl (C=O) groups excluding carboxylic acids is 2. The molecular weight excluding hydrogens is 438 g/mol. The molecule has 0 aliphatic carbocycles. The number of hydrogen-bond donors (Lipinski definition) is 2. The van der Waals surface area contributed by atoms with Crippen molar-refractivity contribution in [3.05, 3.63) is 61.0 Å². The van der Waals surface area contributed by atoms with Gasteiger partial charge in [0.25, 0.3) is 0 Å². The van der Waals surface area contributed by atoms with Crippen LogP contribution < -0.4 is 20.1 Å². The average Bonchev–Trinajstić information content (AvgIpc) is 3.49. The molecule has 4 rings (SSSR count). The lowest BCUT2D eigenvalue weighted by molar-refractivity contribution is -0.137. The van der Waals surface area contributed by atoms with Crippen molar-refractivity contribution in [2.45, 2.75) is 25.8 Å². The van der Waals surface area contributed by atoms with Gasteiger partial charge >= 0.3 is 11.8 Å². The Bertz CT molecular complexity index is 1320. The molecule has 0 aliphatic heterocycles. The Labute approximate surface area is 196 Å². The SMILES string of the molecule is COc1cc(NC(=O)C(=O)NC(C)(C)Cc2occ3cccc(OC)c23)ccc1-c1cnco1. The Balaban J connectivity index is 1.45. The van der Waals surface area contributed by atoms with Gasteiger partial charge in [-0.15, -0.1) is 0 Å². The number of aromatic nitrogens is 1. The van der Waals surface area contributed by atoms with Crippen molar-refractivity contribution in [1.82, 2.24) is 10.3 Å². The van der Waals surface area contributed by atoms with Crippen molar-refractivity contribution in [3.63, 3.8) is 0 Å². The van der Waals surface area contributed by atoms with Crippen molar-refractivity contribution < 1.29 is 27.9 Å². The first-order valence-electron chi connectivity index (χ1n) is 10.5. The molecular formula is C25H25N3O6. The molecule has 0 fully saturated rings. The van der Waals surface area contributed by atoms with Crippen LogP contribution in [-0.4, -0.2) is 36.6 Å². The topological polar surface area (TPSA) is 116 Å². The van der Waals surface area contributed by atoms with Gasteiger partial charge in [0.05, 0.1) is 37.6 Å². The molecule has 2 aromatic carbocycles. The number of hydrogen-bond acceptors (Lipinski definition) is 7. The van der Waals surface area contributed by atoms with Crippen molar-refractivity contribution >= 4 is 28.3 Å². The number of carbonyl (C=O) groups is 2. The largest absolute Gasteiger partial charge is 0.496 e. The van der Waals surface area contributed by atoms with Crippen LogP contribution in [0, 0.1) is 0 Å². The van der Waals surface area contributed by atoms with Gasteiger partial charge in [0, 0.05) is 29.1 Å². The summed E-state index contributed by atoms with van der Waals surface area (Å²) in [5, 5.41) is 7.11. The van der Waals surface area contributed by atoms with E-state index < -0.39 is 17.4 Å². The highest BCUT2D eigenvalue weighted by atomic mass is 16.5. The average molecular weight is 463 g/mol. The van der Waals surface area contributed by atoms with Gasteiger partial charge in [-0.3, -0.25) is 9.59 Å². The number of nitrogens with zero attached hydrogens (tertiary/aromatic N) is 1. The van der Waals surface area contributed by atoms with Gasteiger partial charge in [-0.05, 0) is 32.0 Å². The van der Waals surface area contributed by atoms with Crippen LogP contribution in [0.4, 0.5) is 5.69 Å². The van der Waals surface area contributed by atoms with Crippen molar-refractivity contribution in [1.29, 1.82) is 0 Å². The van der Waals surface area contributed by atoms with E-state index in [1.165, 1.54) is 13.5 Å². The number of fused-ring (bicyclic) bond motifs is 1. The summed E-state index contributed by atoms with van der Waals surface area (Å²) in [5.41, 5.74) is 0.304. The molecule has 9 nitrogen and oxygen atoms in total. The first-order chi connectivity index (χ1) is 16.3. The van der Waals surface area contributed by atoms with E-state index in [2.05, 4.69) is 15.6 Å². The van der Waals surface area contributed by atoms with E-state index >= 15 is 0 Å². The van der Waals surface area contributed by atoms with E-state index in [4.69, 9.17) is 18.3 Å². The maximum Gasteiger partial charge on any atom is 0.313 e. The number of rotatable bonds is 7. The Morgan fingerprint density at radius 3 is 2.53 bits per heavy atom. The second-order valence-electron chi connectivity index (χ2n) is 8.33. The minimum atomic E-state index is -0.801. The summed E-state index contributed by atoms with van der Waals surface area (Å²) < 4.78 is 21.9. The summed E-state index contributed by atoms with van der Waals surface area (Å²) in [5.74, 6) is 0.760. The molecule has 4 aromatic rings. The third-order valence-corrected chi connectivity index (χ3v) is 5.30. The van der Waals surface area contributed by atoms with Gasteiger partial charge in [-0.1, -0.05) is 12.1 Å². The number of methoxy groups -OCH3 is 2. The lowest BCUT2D eigenvalue weighted by Gasteiger charge is -2.25. The maximum absolute atomic E-state index is 12.7. The molecule has 0 unspecified atom stereocenters. The molecule has 2 amide bonds. The van der Waals surface area contributed by atoms with Crippen LogP contribution in [0.15, 0.2) is 64.1 Å². The van der Waals surface area contributed by atoms with Crippen LogP contribution >= 0.6 is 0 Å². The second kappa shape index (κ2) is 9.30. The van der Waals surface area contributed by atoms with E-state index in [9.17, 15) is 9.59 Å². The van der Waals surface area contributed by atoms with Crippen LogP contribution in [0.2, 0.25) is 0 Å². The molecule has 0 aliphatic rings. The molecule has 34 heavy (non-hydrogen) atoms. The number of nitrogens with one attached hydrogen (secondary N) is 2. The smallest absolute Gasteiger partial charge is 0.313 e. The minimum Gasteiger partial charge on any atom is -0.496 e. The molecule has 0 atom stereocenters. The number of benzene rings is 2. The van der Waals surface area contributed by atoms with Crippen molar-refractivity contribution in [2.24, 2.45) is 0 Å². The standard InChI is InChI=1S/C25H25N3O6/c1-25(2,11-20-22-15(13-33-20)6-5-7-18(22)31-3)28-24(30)23(29)27-16-8-9-17(19(10-16)32-4)21-12-26-14-34-21/h5-10,12-14H,11H2,1-4H3,(H,27,29)(H,28,30). The van der Waals surface area contributed by atoms with E-state index in [1.807, 2.05) is 32.0 Å². The Hall–Kier alpha value is -4.27. The first-order valence-corrected chi connectivity index (χ1v) is 10.5. The van der Waals surface area contributed by atoms with Crippen molar-refractivity contribution in [3.8, 4) is 22.8 Å². The Morgan fingerprint density at radius 1 is 1.03 bits per heavy atom. The van der Waals surface area contributed by atoms with Gasteiger partial charge in [0.15, 0.2) is 12.2 Å². The molecule has 0 saturated carbocycles. The second-order valence-corrected chi connectivity index (χ2v) is 8.33. The van der Waals surface area contributed by atoms with Gasteiger partial charge < -0.3 is 28.9 Å². The highest BCUT2D eigenvalue weighted by Gasteiger charge is 2.28. The summed E-state index contributed by atoms with van der Waals surface area (Å²) in [6.45, 7) is 3.63. The molecule has 176 valence electrons. The number of amides is 2. The molecule has 0 saturated heterocycles. The van der Waals surface area contributed by atoms with Crippen molar-refractivity contribution in [2.75, 3.05) is 19.5 Å². The molecule has 0 bridgehead atoms. The number of furan rings is 1. The molecule has 2 N–H and O–H groups in total. The van der Waals surface area contributed by atoms with Gasteiger partial charge in [0.1, 0.15) is 17.3 Å². The van der Waals surface area contributed by atoms with Gasteiger partial charge in [0.2, 0.25) is 0 Å². The van der Waals surface area contributed by atoms with Gasteiger partial charge in [-0.2, -0.15) is 0 Å². The van der Waals surface area contributed by atoms with Crippen LogP contribution in [0.5, 0.6) is 11.5 Å². The predicted molar refractivity (Wildman–Crippen MR) is 126 cm³/mol. The van der Waals surface area contributed by atoms with Crippen LogP contribution in [0.3, 0.4) is 0 Å². The fourth-order valence-corrected chi connectivity index (χ4v) is 3.76. The third kappa shape index (κ3) is 4.73. The number of oxazole rings is 1. The normalized spacial score (nSPS) is 11.3. The molecule has 0 spiro atoms. The van der Waals surface area contributed by atoms with E-state index in [1.54, 1.807) is 37.8 Å². The van der Waals surface area contributed by atoms with Crippen LogP contribution in [0.25, 0.3) is 22.1 Å².